The molecular formula is C15H23BrClN3O2. The van der Waals surface area contributed by atoms with Gasteiger partial charge in [0, 0.05) is 35.6 Å². The van der Waals surface area contributed by atoms with Crippen LogP contribution in [0, 0.1) is 0 Å². The van der Waals surface area contributed by atoms with Crippen LogP contribution in [0.1, 0.15) is 30.6 Å². The van der Waals surface area contributed by atoms with Gasteiger partial charge in [-0.15, -0.1) is 12.4 Å². The highest BCUT2D eigenvalue weighted by Gasteiger charge is 2.07. The molecule has 22 heavy (non-hydrogen) atoms. The van der Waals surface area contributed by atoms with Gasteiger partial charge in [0.1, 0.15) is 0 Å². The molecule has 1 rings (SSSR count). The maximum absolute atomic E-state index is 11.8. The van der Waals surface area contributed by atoms with Crippen LogP contribution in [-0.2, 0) is 4.79 Å². The summed E-state index contributed by atoms with van der Waals surface area (Å²) in [6.45, 7) is 5.83. The Balaban J connectivity index is 0.00000441. The average molecular weight is 393 g/mol. The van der Waals surface area contributed by atoms with E-state index in [9.17, 15) is 9.59 Å². The summed E-state index contributed by atoms with van der Waals surface area (Å²) in [5.74, 6) is -0.229. The molecule has 0 bridgehead atoms. The molecule has 0 radical (unpaired) electrons. The lowest BCUT2D eigenvalue weighted by molar-refractivity contribution is -0.121. The molecular weight excluding hydrogens is 370 g/mol. The topological polar surface area (TPSA) is 70.2 Å². The zero-order valence-electron chi connectivity index (χ0n) is 12.8. The first kappa shape index (κ1) is 20.9. The quantitative estimate of drug-likeness (QED) is 0.634. The van der Waals surface area contributed by atoms with E-state index in [1.54, 1.807) is 12.1 Å². The molecule has 0 fully saturated rings. The largest absolute Gasteiger partial charge is 0.354 e. The second-order valence-corrected chi connectivity index (χ2v) is 5.69. The maximum Gasteiger partial charge on any atom is 0.251 e. The van der Waals surface area contributed by atoms with Gasteiger partial charge in [0.25, 0.3) is 5.91 Å². The van der Waals surface area contributed by atoms with Crippen molar-refractivity contribution in [2.24, 2.45) is 0 Å². The number of halogens is 2. The second-order valence-electron chi connectivity index (χ2n) is 4.78. The summed E-state index contributed by atoms with van der Waals surface area (Å²) in [6.07, 6.45) is 0.279. The fourth-order valence-corrected chi connectivity index (χ4v) is 2.03. The highest BCUT2D eigenvalue weighted by molar-refractivity contribution is 9.10. The molecule has 0 aliphatic carbocycles. The highest BCUT2D eigenvalue weighted by Crippen LogP contribution is 2.10. The van der Waals surface area contributed by atoms with Crippen molar-refractivity contribution in [3.05, 3.63) is 34.3 Å². The molecule has 1 atom stereocenters. The number of nitrogens with one attached hydrogen (secondary N) is 3. The number of rotatable bonds is 8. The molecule has 5 nitrogen and oxygen atoms in total. The number of carbonyl (C=O) groups is 2. The summed E-state index contributed by atoms with van der Waals surface area (Å²) in [5, 5.41) is 8.77. The van der Waals surface area contributed by atoms with Crippen LogP contribution in [0.5, 0.6) is 0 Å². The number of amides is 2. The Hall–Kier alpha value is -1.11. The molecule has 3 N–H and O–H groups in total. The fraction of sp³-hybridized carbons (Fsp3) is 0.467. The van der Waals surface area contributed by atoms with Crippen LogP contribution in [0.25, 0.3) is 0 Å². The van der Waals surface area contributed by atoms with Crippen LogP contribution < -0.4 is 16.0 Å². The van der Waals surface area contributed by atoms with Crippen molar-refractivity contribution in [2.75, 3.05) is 19.6 Å². The Labute approximate surface area is 146 Å². The van der Waals surface area contributed by atoms with E-state index in [1.807, 2.05) is 26.0 Å². The van der Waals surface area contributed by atoms with Crippen molar-refractivity contribution in [1.82, 2.24) is 16.0 Å². The zero-order valence-corrected chi connectivity index (χ0v) is 15.2. The van der Waals surface area contributed by atoms with Gasteiger partial charge in [0.2, 0.25) is 5.91 Å². The molecule has 0 aliphatic rings. The van der Waals surface area contributed by atoms with E-state index in [2.05, 4.69) is 31.9 Å². The molecule has 0 heterocycles. The summed E-state index contributed by atoms with van der Waals surface area (Å²) in [5.41, 5.74) is 0.583. The van der Waals surface area contributed by atoms with Crippen LogP contribution in [0.3, 0.4) is 0 Å². The third-order valence-corrected chi connectivity index (χ3v) is 3.43. The van der Waals surface area contributed by atoms with Crippen molar-refractivity contribution >= 4 is 40.2 Å². The van der Waals surface area contributed by atoms with Gasteiger partial charge in [-0.25, -0.2) is 0 Å². The third-order valence-electron chi connectivity index (χ3n) is 2.90. The molecule has 0 saturated heterocycles. The fourth-order valence-electron chi connectivity index (χ4n) is 1.77. The van der Waals surface area contributed by atoms with Crippen LogP contribution in [0.15, 0.2) is 28.7 Å². The van der Waals surface area contributed by atoms with Crippen molar-refractivity contribution in [1.29, 1.82) is 0 Å². The van der Waals surface area contributed by atoms with Crippen LogP contribution in [0.2, 0.25) is 0 Å². The van der Waals surface area contributed by atoms with Gasteiger partial charge in [0.15, 0.2) is 0 Å². The third kappa shape index (κ3) is 8.36. The van der Waals surface area contributed by atoms with Crippen molar-refractivity contribution in [2.45, 2.75) is 26.3 Å². The van der Waals surface area contributed by atoms with Crippen molar-refractivity contribution < 1.29 is 9.59 Å². The molecule has 0 spiro atoms. The maximum atomic E-state index is 11.8. The molecule has 2 amide bonds. The van der Waals surface area contributed by atoms with Gasteiger partial charge in [-0.2, -0.15) is 0 Å². The van der Waals surface area contributed by atoms with E-state index < -0.39 is 0 Å². The molecule has 7 heteroatoms. The molecule has 0 unspecified atom stereocenters. The van der Waals surface area contributed by atoms with E-state index >= 15 is 0 Å². The summed E-state index contributed by atoms with van der Waals surface area (Å²) in [7, 11) is 0. The number of hydrogen-bond acceptors (Lipinski definition) is 3. The second kappa shape index (κ2) is 11.5. The van der Waals surface area contributed by atoms with Gasteiger partial charge in [0.05, 0.1) is 0 Å². The minimum Gasteiger partial charge on any atom is -0.354 e. The predicted molar refractivity (Wildman–Crippen MR) is 94.5 cm³/mol. The van der Waals surface area contributed by atoms with E-state index in [-0.39, 0.29) is 36.7 Å². The van der Waals surface area contributed by atoms with Gasteiger partial charge in [-0.1, -0.05) is 22.9 Å². The average Bonchev–Trinajstić information content (AvgIpc) is 2.46. The van der Waals surface area contributed by atoms with Crippen LogP contribution in [-0.4, -0.2) is 37.5 Å². The predicted octanol–water partition coefficient (Wildman–Crippen LogP) is 2.10. The number of benzene rings is 1. The monoisotopic (exact) mass is 391 g/mol. The molecule has 0 aliphatic heterocycles. The standard InChI is InChI=1S/C15H22BrN3O2.ClH/c1-3-17-11(2)10-19-14(20)8-9-18-15(21)12-4-6-13(16)7-5-12;/h4-7,11,17H,3,8-10H2,1-2H3,(H,18,21)(H,19,20);1H/t11-;/m1./s1. The van der Waals surface area contributed by atoms with Gasteiger partial charge in [-0.05, 0) is 37.7 Å². The lowest BCUT2D eigenvalue weighted by Gasteiger charge is -2.13. The number of likely N-dealkylation sites (N-methyl/N-ethyl adjacent to an activating group) is 1. The van der Waals surface area contributed by atoms with Crippen LogP contribution >= 0.6 is 28.3 Å². The number of hydrogen-bond donors (Lipinski definition) is 3. The molecule has 0 saturated carbocycles. The van der Waals surface area contributed by atoms with Crippen molar-refractivity contribution in [3.63, 3.8) is 0 Å². The SMILES string of the molecule is CCN[C@H](C)CNC(=O)CCNC(=O)c1ccc(Br)cc1.Cl. The normalized spacial score (nSPS) is 11.2. The Morgan fingerprint density at radius 3 is 2.41 bits per heavy atom. The Morgan fingerprint density at radius 1 is 1.18 bits per heavy atom. The lowest BCUT2D eigenvalue weighted by atomic mass is 10.2. The molecule has 0 aromatic heterocycles. The Morgan fingerprint density at radius 2 is 1.82 bits per heavy atom. The molecule has 1 aromatic rings. The molecule has 124 valence electrons. The first-order chi connectivity index (χ1) is 10.0. The lowest BCUT2D eigenvalue weighted by Crippen LogP contribution is -2.39. The van der Waals surface area contributed by atoms with Gasteiger partial charge in [-0.3, -0.25) is 9.59 Å². The smallest absolute Gasteiger partial charge is 0.251 e. The number of carbonyl (C=O) groups excluding carboxylic acids is 2. The summed E-state index contributed by atoms with van der Waals surface area (Å²) in [6, 6.07) is 7.33. The van der Waals surface area contributed by atoms with E-state index in [0.717, 1.165) is 11.0 Å². The zero-order chi connectivity index (χ0) is 15.7. The van der Waals surface area contributed by atoms with E-state index in [4.69, 9.17) is 0 Å². The summed E-state index contributed by atoms with van der Waals surface area (Å²) in [4.78, 5) is 23.4. The summed E-state index contributed by atoms with van der Waals surface area (Å²) >= 11 is 3.32. The first-order valence-corrected chi connectivity index (χ1v) is 7.86. The van der Waals surface area contributed by atoms with E-state index in [1.165, 1.54) is 0 Å². The van der Waals surface area contributed by atoms with Crippen LogP contribution in [0.4, 0.5) is 0 Å². The Bertz CT molecular complexity index is 468. The van der Waals surface area contributed by atoms with Gasteiger partial charge >= 0.3 is 0 Å². The minimum absolute atomic E-state index is 0. The first-order valence-electron chi connectivity index (χ1n) is 7.06. The van der Waals surface area contributed by atoms with E-state index in [0.29, 0.717) is 18.7 Å². The Kier molecular flexibility index (Phi) is 10.9. The molecule has 1 aromatic carbocycles. The minimum atomic E-state index is -0.170. The summed E-state index contributed by atoms with van der Waals surface area (Å²) < 4.78 is 0.924. The van der Waals surface area contributed by atoms with Gasteiger partial charge < -0.3 is 16.0 Å². The van der Waals surface area contributed by atoms with Crippen molar-refractivity contribution in [3.8, 4) is 0 Å². The highest BCUT2D eigenvalue weighted by atomic mass is 79.9.